The van der Waals surface area contributed by atoms with Gasteiger partial charge in [-0.2, -0.15) is 0 Å². The maximum Gasteiger partial charge on any atom is 0.225 e. The predicted octanol–water partition coefficient (Wildman–Crippen LogP) is 3.23. The normalized spacial score (nSPS) is 16.6. The van der Waals surface area contributed by atoms with Gasteiger partial charge < -0.3 is 10.2 Å². The number of hydrogen-bond donors (Lipinski definition) is 1. The summed E-state index contributed by atoms with van der Waals surface area (Å²) in [4.78, 5) is 26.2. The van der Waals surface area contributed by atoms with Gasteiger partial charge in [0, 0.05) is 31.1 Å². The minimum absolute atomic E-state index is 0.00165. The van der Waals surface area contributed by atoms with Gasteiger partial charge >= 0.3 is 0 Å². The number of halogens is 2. The zero-order valence-corrected chi connectivity index (χ0v) is 15.7. The molecule has 1 aliphatic heterocycles. The summed E-state index contributed by atoms with van der Waals surface area (Å²) in [5.41, 5.74) is 1.68. The molecule has 2 aromatic rings. The van der Waals surface area contributed by atoms with Crippen molar-refractivity contribution >= 4 is 23.4 Å². The van der Waals surface area contributed by atoms with Crippen molar-refractivity contribution in [1.29, 1.82) is 0 Å². The van der Waals surface area contributed by atoms with Crippen LogP contribution in [-0.2, 0) is 22.4 Å². The summed E-state index contributed by atoms with van der Waals surface area (Å²) in [7, 11) is 0. The minimum Gasteiger partial charge on any atom is -0.355 e. The molecule has 1 saturated heterocycles. The van der Waals surface area contributed by atoms with E-state index in [1.807, 2.05) is 24.3 Å². The molecule has 2 aromatic carbocycles. The van der Waals surface area contributed by atoms with Gasteiger partial charge in [-0.15, -0.1) is 0 Å². The second-order valence-electron chi connectivity index (χ2n) is 6.75. The molecule has 3 rings (SSSR count). The molecule has 0 radical (unpaired) electrons. The molecule has 1 heterocycles. The van der Waals surface area contributed by atoms with Crippen LogP contribution in [0.2, 0.25) is 5.02 Å². The first kappa shape index (κ1) is 19.4. The molecule has 1 atom stereocenters. The summed E-state index contributed by atoms with van der Waals surface area (Å²) >= 11 is 5.88. The summed E-state index contributed by atoms with van der Waals surface area (Å²) in [6, 6.07) is 14.1. The molecule has 0 aromatic heterocycles. The molecular weight excluding hydrogens is 367 g/mol. The van der Waals surface area contributed by atoms with E-state index in [0.29, 0.717) is 36.6 Å². The van der Waals surface area contributed by atoms with Crippen molar-refractivity contribution in [2.45, 2.75) is 19.3 Å². The number of carbonyl (C=O) groups is 2. The van der Waals surface area contributed by atoms with Gasteiger partial charge in [-0.25, -0.2) is 4.39 Å². The van der Waals surface area contributed by atoms with Crippen molar-refractivity contribution in [3.63, 3.8) is 0 Å². The molecule has 1 unspecified atom stereocenters. The standard InChI is InChI=1S/C21H22ClFN2O2/c22-18-7-5-15(6-8-18)10-12-25-14-17(13-20(25)26)21(27)24-11-9-16-3-1-2-4-19(16)23/h1-8,17H,9-14H2,(H,24,27). The average molecular weight is 389 g/mol. The lowest BCUT2D eigenvalue weighted by molar-refractivity contribution is -0.129. The number of amides is 2. The van der Waals surface area contributed by atoms with Gasteiger partial charge in [0.2, 0.25) is 11.8 Å². The average Bonchev–Trinajstić information content (AvgIpc) is 3.04. The molecule has 0 spiro atoms. The van der Waals surface area contributed by atoms with Crippen LogP contribution in [0, 0.1) is 11.7 Å². The lowest BCUT2D eigenvalue weighted by Gasteiger charge is -2.16. The molecule has 2 amide bonds. The first-order valence-corrected chi connectivity index (χ1v) is 9.44. The van der Waals surface area contributed by atoms with Crippen molar-refractivity contribution in [1.82, 2.24) is 10.2 Å². The number of carbonyl (C=O) groups excluding carboxylic acids is 2. The van der Waals surface area contributed by atoms with E-state index in [1.165, 1.54) is 6.07 Å². The van der Waals surface area contributed by atoms with Gasteiger partial charge in [0.25, 0.3) is 0 Å². The second kappa shape index (κ2) is 9.00. The highest BCUT2D eigenvalue weighted by molar-refractivity contribution is 6.30. The quantitative estimate of drug-likeness (QED) is 0.791. The number of benzene rings is 2. The Labute approximate surface area is 163 Å². The van der Waals surface area contributed by atoms with Crippen LogP contribution in [0.15, 0.2) is 48.5 Å². The highest BCUT2D eigenvalue weighted by atomic mass is 35.5. The van der Waals surface area contributed by atoms with Gasteiger partial charge in [-0.05, 0) is 42.2 Å². The molecule has 0 saturated carbocycles. The molecule has 1 aliphatic rings. The monoisotopic (exact) mass is 388 g/mol. The fourth-order valence-electron chi connectivity index (χ4n) is 3.24. The Morgan fingerprint density at radius 3 is 2.63 bits per heavy atom. The van der Waals surface area contributed by atoms with Crippen LogP contribution in [-0.4, -0.2) is 36.3 Å². The van der Waals surface area contributed by atoms with Crippen LogP contribution in [0.5, 0.6) is 0 Å². The summed E-state index contributed by atoms with van der Waals surface area (Å²) in [5, 5.41) is 3.51. The SMILES string of the molecule is O=C(NCCc1ccccc1F)C1CC(=O)N(CCc2ccc(Cl)cc2)C1. The van der Waals surface area contributed by atoms with E-state index in [0.717, 1.165) is 12.0 Å². The van der Waals surface area contributed by atoms with Crippen molar-refractivity contribution < 1.29 is 14.0 Å². The first-order valence-electron chi connectivity index (χ1n) is 9.06. The number of likely N-dealkylation sites (tertiary alicyclic amines) is 1. The molecular formula is C21H22ClFN2O2. The third-order valence-electron chi connectivity index (χ3n) is 4.82. The van der Waals surface area contributed by atoms with E-state index in [1.54, 1.807) is 23.1 Å². The van der Waals surface area contributed by atoms with Crippen molar-refractivity contribution in [2.24, 2.45) is 5.92 Å². The molecule has 27 heavy (non-hydrogen) atoms. The van der Waals surface area contributed by atoms with Gasteiger partial charge in [0.1, 0.15) is 5.82 Å². The molecule has 1 N–H and O–H groups in total. The Balaban J connectivity index is 1.44. The van der Waals surface area contributed by atoms with E-state index in [-0.39, 0.29) is 30.0 Å². The van der Waals surface area contributed by atoms with Crippen molar-refractivity contribution in [3.05, 3.63) is 70.5 Å². The Bertz CT molecular complexity index is 810. The van der Waals surface area contributed by atoms with Crippen LogP contribution in [0.25, 0.3) is 0 Å². The van der Waals surface area contributed by atoms with Crippen LogP contribution >= 0.6 is 11.6 Å². The van der Waals surface area contributed by atoms with E-state index in [9.17, 15) is 14.0 Å². The first-order chi connectivity index (χ1) is 13.0. The highest BCUT2D eigenvalue weighted by Crippen LogP contribution is 2.19. The fourth-order valence-corrected chi connectivity index (χ4v) is 3.37. The molecule has 1 fully saturated rings. The van der Waals surface area contributed by atoms with Gasteiger partial charge in [-0.3, -0.25) is 9.59 Å². The van der Waals surface area contributed by atoms with Crippen LogP contribution in [0.1, 0.15) is 17.5 Å². The predicted molar refractivity (Wildman–Crippen MR) is 103 cm³/mol. The smallest absolute Gasteiger partial charge is 0.225 e. The zero-order chi connectivity index (χ0) is 19.2. The number of rotatable bonds is 7. The maximum absolute atomic E-state index is 13.6. The van der Waals surface area contributed by atoms with E-state index in [2.05, 4.69) is 5.32 Å². The van der Waals surface area contributed by atoms with Gasteiger partial charge in [-0.1, -0.05) is 41.9 Å². The Morgan fingerprint density at radius 2 is 1.89 bits per heavy atom. The number of nitrogens with zero attached hydrogens (tertiary/aromatic N) is 1. The Hall–Kier alpha value is -2.40. The van der Waals surface area contributed by atoms with E-state index >= 15 is 0 Å². The van der Waals surface area contributed by atoms with Crippen LogP contribution in [0.3, 0.4) is 0 Å². The van der Waals surface area contributed by atoms with Crippen LogP contribution in [0.4, 0.5) is 4.39 Å². The minimum atomic E-state index is -0.344. The van der Waals surface area contributed by atoms with Gasteiger partial charge in [0.15, 0.2) is 0 Å². The molecule has 6 heteroatoms. The Kier molecular flexibility index (Phi) is 6.45. The van der Waals surface area contributed by atoms with Gasteiger partial charge in [0.05, 0.1) is 5.92 Å². The summed E-state index contributed by atoms with van der Waals surface area (Å²) in [6.45, 7) is 1.37. The molecule has 0 aliphatic carbocycles. The molecule has 0 bridgehead atoms. The number of hydrogen-bond acceptors (Lipinski definition) is 2. The lowest BCUT2D eigenvalue weighted by Crippen LogP contribution is -2.34. The third kappa shape index (κ3) is 5.30. The lowest BCUT2D eigenvalue weighted by atomic mass is 10.1. The summed E-state index contributed by atoms with van der Waals surface area (Å²) in [6.07, 6.45) is 1.38. The molecule has 4 nitrogen and oxygen atoms in total. The van der Waals surface area contributed by atoms with E-state index in [4.69, 9.17) is 11.6 Å². The second-order valence-corrected chi connectivity index (χ2v) is 7.19. The Morgan fingerprint density at radius 1 is 1.15 bits per heavy atom. The topological polar surface area (TPSA) is 49.4 Å². The fraction of sp³-hybridized carbons (Fsp3) is 0.333. The summed E-state index contributed by atoms with van der Waals surface area (Å²) < 4.78 is 13.6. The largest absolute Gasteiger partial charge is 0.355 e. The molecule has 142 valence electrons. The van der Waals surface area contributed by atoms with E-state index < -0.39 is 0 Å². The van der Waals surface area contributed by atoms with Crippen molar-refractivity contribution in [3.8, 4) is 0 Å². The summed E-state index contributed by atoms with van der Waals surface area (Å²) in [5.74, 6) is -0.758. The van der Waals surface area contributed by atoms with Crippen LogP contribution < -0.4 is 5.32 Å². The maximum atomic E-state index is 13.6. The van der Waals surface area contributed by atoms with Crippen molar-refractivity contribution in [2.75, 3.05) is 19.6 Å². The zero-order valence-electron chi connectivity index (χ0n) is 15.0. The number of nitrogens with one attached hydrogen (secondary N) is 1. The highest BCUT2D eigenvalue weighted by Gasteiger charge is 2.33. The third-order valence-corrected chi connectivity index (χ3v) is 5.07.